The maximum absolute atomic E-state index is 12.7. The lowest BCUT2D eigenvalue weighted by atomic mass is 10.0. The summed E-state index contributed by atoms with van der Waals surface area (Å²) in [5.41, 5.74) is 2.78. The third kappa shape index (κ3) is 3.50. The minimum absolute atomic E-state index is 0. The molecule has 1 aliphatic rings. The van der Waals surface area contributed by atoms with Gasteiger partial charge in [-0.2, -0.15) is 0 Å². The molecule has 6 heteroatoms. The normalized spacial score (nSPS) is 16.4. The van der Waals surface area contributed by atoms with Crippen LogP contribution in [0.15, 0.2) is 41.5 Å². The molecule has 0 radical (unpaired) electrons. The highest BCUT2D eigenvalue weighted by Gasteiger charge is 2.26. The SMILES string of the molecule is CCCn1cnc2sc3c(c2c1=O)CC[NH+](Cc1ccccc1)C3.[Cl-]. The number of nitrogens with zero attached hydrogens (tertiary/aromatic N) is 2. The molecule has 1 N–H and O–H groups in total. The number of aryl methyl sites for hydroxylation is 1. The van der Waals surface area contributed by atoms with Crippen LogP contribution in [0.2, 0.25) is 0 Å². The number of fused-ring (bicyclic) bond motifs is 3. The highest BCUT2D eigenvalue weighted by molar-refractivity contribution is 7.18. The van der Waals surface area contributed by atoms with Gasteiger partial charge in [-0.3, -0.25) is 9.36 Å². The van der Waals surface area contributed by atoms with Gasteiger partial charge in [0.25, 0.3) is 5.56 Å². The molecule has 0 saturated heterocycles. The third-order valence-corrected chi connectivity index (χ3v) is 5.90. The van der Waals surface area contributed by atoms with Gasteiger partial charge in [0.15, 0.2) is 0 Å². The second-order valence-corrected chi connectivity index (χ2v) is 7.60. The molecular weight excluding hydrogens is 354 g/mol. The molecule has 0 bridgehead atoms. The van der Waals surface area contributed by atoms with E-state index in [0.717, 1.165) is 49.2 Å². The number of quaternary nitrogens is 1. The zero-order valence-electron chi connectivity index (χ0n) is 14.3. The van der Waals surface area contributed by atoms with Gasteiger partial charge in [0, 0.05) is 18.5 Å². The molecule has 3 aromatic rings. The Morgan fingerprint density at radius 3 is 2.84 bits per heavy atom. The van der Waals surface area contributed by atoms with E-state index in [9.17, 15) is 4.79 Å². The van der Waals surface area contributed by atoms with Crippen LogP contribution in [-0.4, -0.2) is 16.1 Å². The van der Waals surface area contributed by atoms with Crippen molar-refractivity contribution >= 4 is 21.6 Å². The van der Waals surface area contributed by atoms with Crippen molar-refractivity contribution < 1.29 is 17.3 Å². The molecule has 4 rings (SSSR count). The van der Waals surface area contributed by atoms with E-state index in [4.69, 9.17) is 0 Å². The van der Waals surface area contributed by atoms with Crippen molar-refractivity contribution in [1.29, 1.82) is 0 Å². The smallest absolute Gasteiger partial charge is 0.262 e. The quantitative estimate of drug-likeness (QED) is 0.636. The minimum Gasteiger partial charge on any atom is -1.00 e. The predicted octanol–water partition coefficient (Wildman–Crippen LogP) is -0.987. The molecule has 0 amide bonds. The lowest BCUT2D eigenvalue weighted by Crippen LogP contribution is -3.10. The summed E-state index contributed by atoms with van der Waals surface area (Å²) >= 11 is 1.71. The molecule has 0 aliphatic carbocycles. The summed E-state index contributed by atoms with van der Waals surface area (Å²) in [4.78, 5) is 21.1. The summed E-state index contributed by atoms with van der Waals surface area (Å²) in [6.45, 7) is 5.96. The second-order valence-electron chi connectivity index (χ2n) is 6.52. The van der Waals surface area contributed by atoms with Crippen molar-refractivity contribution in [3.05, 3.63) is 63.0 Å². The second kappa shape index (κ2) is 7.68. The molecule has 3 heterocycles. The fourth-order valence-electron chi connectivity index (χ4n) is 3.59. The Hall–Kier alpha value is -1.69. The maximum Gasteiger partial charge on any atom is 0.262 e. The third-order valence-electron chi connectivity index (χ3n) is 4.76. The highest BCUT2D eigenvalue weighted by atomic mass is 35.5. The Bertz CT molecular complexity index is 920. The summed E-state index contributed by atoms with van der Waals surface area (Å²) in [6.07, 6.45) is 3.64. The van der Waals surface area contributed by atoms with E-state index in [-0.39, 0.29) is 18.0 Å². The number of thiophene rings is 1. The van der Waals surface area contributed by atoms with Crippen LogP contribution in [0.5, 0.6) is 0 Å². The molecule has 0 saturated carbocycles. The Kier molecular flexibility index (Phi) is 5.57. The van der Waals surface area contributed by atoms with Crippen molar-refractivity contribution in [2.24, 2.45) is 0 Å². The fraction of sp³-hybridized carbons (Fsp3) is 0.368. The standard InChI is InChI=1S/C19H21N3OS.ClH/c1-2-9-22-13-20-18-17(19(22)23)15-8-10-21(12-16(15)24-18)11-14-6-4-3-5-7-14;/h3-7,13H,2,8-12H2,1H3;1H. The van der Waals surface area contributed by atoms with Crippen LogP contribution < -0.4 is 22.9 Å². The number of halogens is 1. The fourth-order valence-corrected chi connectivity index (χ4v) is 4.84. The summed E-state index contributed by atoms with van der Waals surface area (Å²) < 4.78 is 1.76. The van der Waals surface area contributed by atoms with E-state index >= 15 is 0 Å². The molecule has 132 valence electrons. The topological polar surface area (TPSA) is 39.3 Å². The van der Waals surface area contributed by atoms with Crippen molar-refractivity contribution in [2.75, 3.05) is 6.54 Å². The minimum atomic E-state index is 0. The monoisotopic (exact) mass is 375 g/mol. The van der Waals surface area contributed by atoms with Crippen LogP contribution in [0.1, 0.15) is 29.3 Å². The van der Waals surface area contributed by atoms with Crippen LogP contribution in [0.25, 0.3) is 10.2 Å². The Morgan fingerprint density at radius 1 is 1.28 bits per heavy atom. The average Bonchev–Trinajstić information content (AvgIpc) is 2.97. The van der Waals surface area contributed by atoms with Gasteiger partial charge in [-0.1, -0.05) is 37.3 Å². The zero-order valence-corrected chi connectivity index (χ0v) is 15.9. The van der Waals surface area contributed by atoms with E-state index in [2.05, 4.69) is 42.2 Å². The first-order valence-corrected chi connectivity index (χ1v) is 9.45. The Balaban J connectivity index is 0.00000182. The molecule has 0 spiro atoms. The first kappa shape index (κ1) is 18.1. The van der Waals surface area contributed by atoms with E-state index in [1.54, 1.807) is 27.1 Å². The molecule has 25 heavy (non-hydrogen) atoms. The van der Waals surface area contributed by atoms with Gasteiger partial charge in [-0.15, -0.1) is 11.3 Å². The molecule has 1 aromatic carbocycles. The van der Waals surface area contributed by atoms with Crippen molar-refractivity contribution in [2.45, 2.75) is 39.4 Å². The summed E-state index contributed by atoms with van der Waals surface area (Å²) in [5.74, 6) is 0. The van der Waals surface area contributed by atoms with Gasteiger partial charge in [-0.05, 0) is 12.0 Å². The van der Waals surface area contributed by atoms with Gasteiger partial charge >= 0.3 is 0 Å². The predicted molar refractivity (Wildman–Crippen MR) is 97.6 cm³/mol. The number of rotatable bonds is 4. The van der Waals surface area contributed by atoms with E-state index in [0.29, 0.717) is 0 Å². The van der Waals surface area contributed by atoms with E-state index in [1.807, 2.05) is 0 Å². The number of hydrogen-bond donors (Lipinski definition) is 1. The number of aromatic nitrogens is 2. The Morgan fingerprint density at radius 2 is 2.08 bits per heavy atom. The molecule has 0 fully saturated rings. The first-order valence-electron chi connectivity index (χ1n) is 8.63. The van der Waals surface area contributed by atoms with Gasteiger partial charge < -0.3 is 17.3 Å². The molecule has 1 atom stereocenters. The van der Waals surface area contributed by atoms with Gasteiger partial charge in [0.2, 0.25) is 0 Å². The number of benzene rings is 1. The van der Waals surface area contributed by atoms with Gasteiger partial charge in [0.1, 0.15) is 17.9 Å². The molecule has 2 aromatic heterocycles. The molecule has 4 nitrogen and oxygen atoms in total. The first-order chi connectivity index (χ1) is 11.8. The molecule has 1 aliphatic heterocycles. The van der Waals surface area contributed by atoms with Crippen LogP contribution in [0, 0.1) is 0 Å². The highest BCUT2D eigenvalue weighted by Crippen LogP contribution is 2.28. The van der Waals surface area contributed by atoms with Gasteiger partial charge in [0.05, 0.1) is 23.1 Å². The molecule has 1 unspecified atom stereocenters. The summed E-state index contributed by atoms with van der Waals surface area (Å²) in [6, 6.07) is 10.6. The van der Waals surface area contributed by atoms with E-state index < -0.39 is 0 Å². The average molecular weight is 376 g/mol. The van der Waals surface area contributed by atoms with Gasteiger partial charge in [-0.25, -0.2) is 4.98 Å². The van der Waals surface area contributed by atoms with Crippen molar-refractivity contribution in [3.63, 3.8) is 0 Å². The lowest BCUT2D eigenvalue weighted by molar-refractivity contribution is -0.929. The Labute approximate surface area is 157 Å². The van der Waals surface area contributed by atoms with Crippen LogP contribution in [-0.2, 0) is 26.1 Å². The zero-order chi connectivity index (χ0) is 16.5. The molecular formula is C19H22ClN3OS. The van der Waals surface area contributed by atoms with Crippen LogP contribution in [0.4, 0.5) is 0 Å². The number of hydrogen-bond acceptors (Lipinski definition) is 3. The van der Waals surface area contributed by atoms with Crippen LogP contribution >= 0.6 is 11.3 Å². The number of nitrogens with one attached hydrogen (secondary N) is 1. The maximum atomic E-state index is 12.7. The van der Waals surface area contributed by atoms with Crippen molar-refractivity contribution in [3.8, 4) is 0 Å². The summed E-state index contributed by atoms with van der Waals surface area (Å²) in [7, 11) is 0. The van der Waals surface area contributed by atoms with E-state index in [1.165, 1.54) is 16.0 Å². The van der Waals surface area contributed by atoms with Crippen molar-refractivity contribution in [1.82, 2.24) is 9.55 Å². The lowest BCUT2D eigenvalue weighted by Gasteiger charge is -2.23. The largest absolute Gasteiger partial charge is 1.00 e. The van der Waals surface area contributed by atoms with Crippen LogP contribution in [0.3, 0.4) is 0 Å². The summed E-state index contributed by atoms with van der Waals surface area (Å²) in [5, 5.41) is 0.879.